The van der Waals surface area contributed by atoms with Gasteiger partial charge in [-0.25, -0.2) is 4.98 Å². The molecule has 1 saturated carbocycles. The van der Waals surface area contributed by atoms with Crippen LogP contribution in [0.15, 0.2) is 42.6 Å². The molecule has 6 nitrogen and oxygen atoms in total. The molecule has 140 valence electrons. The van der Waals surface area contributed by atoms with Crippen LogP contribution in [-0.4, -0.2) is 22.9 Å². The number of nitrogens with zero attached hydrogens (tertiary/aromatic N) is 1. The molecular weight excluding hydrogens is 342 g/mol. The number of aromatic nitrogens is 1. The SMILES string of the molecule is O=C(CC1C(=O)Nc2ccccc21)NCc1cccnc1OC1CCCC1. The average molecular weight is 365 g/mol. The van der Waals surface area contributed by atoms with E-state index in [9.17, 15) is 9.59 Å². The van der Waals surface area contributed by atoms with Gasteiger partial charge in [0, 0.05) is 30.4 Å². The van der Waals surface area contributed by atoms with Gasteiger partial charge in [0.05, 0.1) is 5.92 Å². The van der Waals surface area contributed by atoms with E-state index in [1.807, 2.05) is 36.4 Å². The van der Waals surface area contributed by atoms with Crippen molar-refractivity contribution >= 4 is 17.5 Å². The molecular formula is C21H23N3O3. The van der Waals surface area contributed by atoms with E-state index >= 15 is 0 Å². The van der Waals surface area contributed by atoms with Crippen molar-refractivity contribution in [2.24, 2.45) is 0 Å². The standard InChI is InChI=1S/C21H23N3O3/c25-19(12-17-16-9-3-4-10-18(16)24-20(17)26)23-13-14-6-5-11-22-21(14)27-15-7-1-2-8-15/h3-6,9-11,15,17H,1-2,7-8,12-13H2,(H,23,25)(H,24,26). The first-order chi connectivity index (χ1) is 13.2. The summed E-state index contributed by atoms with van der Waals surface area (Å²) in [5, 5.41) is 5.73. The lowest BCUT2D eigenvalue weighted by Crippen LogP contribution is -2.27. The molecule has 2 N–H and O–H groups in total. The van der Waals surface area contributed by atoms with E-state index in [-0.39, 0.29) is 24.3 Å². The fraction of sp³-hybridized carbons (Fsp3) is 0.381. The number of benzene rings is 1. The maximum absolute atomic E-state index is 12.4. The Morgan fingerprint density at radius 3 is 2.85 bits per heavy atom. The van der Waals surface area contributed by atoms with Gasteiger partial charge in [-0.15, -0.1) is 0 Å². The van der Waals surface area contributed by atoms with Crippen molar-refractivity contribution in [2.45, 2.75) is 50.7 Å². The fourth-order valence-corrected chi connectivity index (χ4v) is 3.76. The van der Waals surface area contributed by atoms with Crippen LogP contribution in [0, 0.1) is 0 Å². The third-order valence-electron chi connectivity index (χ3n) is 5.21. The quantitative estimate of drug-likeness (QED) is 0.824. The van der Waals surface area contributed by atoms with E-state index < -0.39 is 5.92 Å². The van der Waals surface area contributed by atoms with E-state index in [0.717, 1.165) is 29.7 Å². The number of nitrogens with one attached hydrogen (secondary N) is 2. The predicted molar refractivity (Wildman–Crippen MR) is 101 cm³/mol. The second kappa shape index (κ2) is 7.78. The van der Waals surface area contributed by atoms with Crippen LogP contribution in [0.3, 0.4) is 0 Å². The van der Waals surface area contributed by atoms with Gasteiger partial charge < -0.3 is 15.4 Å². The number of rotatable bonds is 6. The average Bonchev–Trinajstić information content (AvgIpc) is 3.29. The van der Waals surface area contributed by atoms with Crippen molar-refractivity contribution in [3.8, 4) is 5.88 Å². The lowest BCUT2D eigenvalue weighted by molar-refractivity contribution is -0.125. The predicted octanol–water partition coefficient (Wildman–Crippen LogP) is 3.15. The molecule has 2 aliphatic rings. The lowest BCUT2D eigenvalue weighted by Gasteiger charge is -2.16. The zero-order chi connectivity index (χ0) is 18.6. The molecule has 6 heteroatoms. The van der Waals surface area contributed by atoms with Crippen molar-refractivity contribution in [2.75, 3.05) is 5.32 Å². The first-order valence-electron chi connectivity index (χ1n) is 9.48. The molecule has 0 radical (unpaired) electrons. The largest absolute Gasteiger partial charge is 0.474 e. The summed E-state index contributed by atoms with van der Waals surface area (Å²) in [5.74, 6) is -0.140. The minimum atomic E-state index is -0.440. The van der Waals surface area contributed by atoms with E-state index in [0.29, 0.717) is 12.4 Å². The van der Waals surface area contributed by atoms with Gasteiger partial charge in [0.15, 0.2) is 0 Å². The minimum Gasteiger partial charge on any atom is -0.474 e. The highest BCUT2D eigenvalue weighted by molar-refractivity contribution is 6.04. The number of anilines is 1. The highest BCUT2D eigenvalue weighted by Crippen LogP contribution is 2.34. The second-order valence-corrected chi connectivity index (χ2v) is 7.10. The molecule has 0 bridgehead atoms. The maximum Gasteiger partial charge on any atom is 0.232 e. The van der Waals surface area contributed by atoms with Crippen LogP contribution >= 0.6 is 0 Å². The van der Waals surface area contributed by atoms with Gasteiger partial charge in [-0.05, 0) is 43.4 Å². The summed E-state index contributed by atoms with van der Waals surface area (Å²) < 4.78 is 6.01. The summed E-state index contributed by atoms with van der Waals surface area (Å²) in [6, 6.07) is 11.2. The van der Waals surface area contributed by atoms with Gasteiger partial charge in [-0.2, -0.15) is 0 Å². The molecule has 1 aliphatic heterocycles. The molecule has 0 spiro atoms. The van der Waals surface area contributed by atoms with Crippen molar-refractivity contribution in [3.05, 3.63) is 53.7 Å². The van der Waals surface area contributed by atoms with Crippen LogP contribution in [-0.2, 0) is 16.1 Å². The number of hydrogen-bond donors (Lipinski definition) is 2. The van der Waals surface area contributed by atoms with E-state index in [1.165, 1.54) is 12.8 Å². The summed E-state index contributed by atoms with van der Waals surface area (Å²) in [6.45, 7) is 0.338. The molecule has 4 rings (SSSR count). The topological polar surface area (TPSA) is 80.3 Å². The summed E-state index contributed by atoms with van der Waals surface area (Å²) in [7, 11) is 0. The maximum atomic E-state index is 12.4. The molecule has 2 amide bonds. The molecule has 1 aliphatic carbocycles. The normalized spacial score (nSPS) is 18.8. The van der Waals surface area contributed by atoms with E-state index in [4.69, 9.17) is 4.74 Å². The molecule has 1 unspecified atom stereocenters. The smallest absolute Gasteiger partial charge is 0.232 e. The van der Waals surface area contributed by atoms with Gasteiger partial charge in [0.2, 0.25) is 17.7 Å². The molecule has 1 atom stereocenters. The highest BCUT2D eigenvalue weighted by Gasteiger charge is 2.31. The first kappa shape index (κ1) is 17.5. The first-order valence-corrected chi connectivity index (χ1v) is 9.48. The molecule has 1 aromatic carbocycles. The van der Waals surface area contributed by atoms with E-state index in [2.05, 4.69) is 15.6 Å². The summed E-state index contributed by atoms with van der Waals surface area (Å²) in [4.78, 5) is 28.9. The molecule has 1 fully saturated rings. The summed E-state index contributed by atoms with van der Waals surface area (Å²) >= 11 is 0. The van der Waals surface area contributed by atoms with Gasteiger partial charge in [-0.1, -0.05) is 24.3 Å². The number of carbonyl (C=O) groups excluding carboxylic acids is 2. The zero-order valence-electron chi connectivity index (χ0n) is 15.1. The van der Waals surface area contributed by atoms with E-state index in [1.54, 1.807) is 6.20 Å². The van der Waals surface area contributed by atoms with Crippen LogP contribution in [0.2, 0.25) is 0 Å². The van der Waals surface area contributed by atoms with Crippen molar-refractivity contribution < 1.29 is 14.3 Å². The number of carbonyl (C=O) groups is 2. The van der Waals surface area contributed by atoms with Gasteiger partial charge in [-0.3, -0.25) is 9.59 Å². The third kappa shape index (κ3) is 3.94. The van der Waals surface area contributed by atoms with Crippen molar-refractivity contribution in [3.63, 3.8) is 0 Å². The minimum absolute atomic E-state index is 0.127. The van der Waals surface area contributed by atoms with Crippen molar-refractivity contribution in [1.29, 1.82) is 0 Å². The Labute approximate surface area is 158 Å². The highest BCUT2D eigenvalue weighted by atomic mass is 16.5. The number of para-hydroxylation sites is 1. The van der Waals surface area contributed by atoms with Crippen LogP contribution in [0.5, 0.6) is 5.88 Å². The Morgan fingerprint density at radius 2 is 2.00 bits per heavy atom. The third-order valence-corrected chi connectivity index (χ3v) is 5.21. The molecule has 2 heterocycles. The number of hydrogen-bond acceptors (Lipinski definition) is 4. The van der Waals surface area contributed by atoms with Crippen LogP contribution in [0.4, 0.5) is 5.69 Å². The fourth-order valence-electron chi connectivity index (χ4n) is 3.76. The molecule has 1 aromatic heterocycles. The molecule has 0 saturated heterocycles. The monoisotopic (exact) mass is 365 g/mol. The van der Waals surface area contributed by atoms with Crippen LogP contribution in [0.25, 0.3) is 0 Å². The van der Waals surface area contributed by atoms with Gasteiger partial charge in [0.25, 0.3) is 0 Å². The molecule has 27 heavy (non-hydrogen) atoms. The summed E-state index contributed by atoms with van der Waals surface area (Å²) in [6.07, 6.45) is 6.53. The number of amides is 2. The Hall–Kier alpha value is -2.89. The number of ether oxygens (including phenoxy) is 1. The Kier molecular flexibility index (Phi) is 5.05. The summed E-state index contributed by atoms with van der Waals surface area (Å²) in [5.41, 5.74) is 2.53. The molecule has 2 aromatic rings. The Balaban J connectivity index is 1.37. The van der Waals surface area contributed by atoms with Gasteiger partial charge in [0.1, 0.15) is 6.10 Å². The zero-order valence-corrected chi connectivity index (χ0v) is 15.1. The Bertz CT molecular complexity index is 846. The van der Waals surface area contributed by atoms with Crippen LogP contribution < -0.4 is 15.4 Å². The van der Waals surface area contributed by atoms with Gasteiger partial charge >= 0.3 is 0 Å². The lowest BCUT2D eigenvalue weighted by atomic mass is 9.97. The Morgan fingerprint density at radius 1 is 1.19 bits per heavy atom. The van der Waals surface area contributed by atoms with Crippen LogP contribution in [0.1, 0.15) is 49.1 Å². The number of pyridine rings is 1. The van der Waals surface area contributed by atoms with Crippen molar-refractivity contribution in [1.82, 2.24) is 10.3 Å². The number of fused-ring (bicyclic) bond motifs is 1. The second-order valence-electron chi connectivity index (χ2n) is 7.10.